The van der Waals surface area contributed by atoms with Crippen LogP contribution in [0.4, 0.5) is 5.69 Å². The Kier molecular flexibility index (Phi) is 4.74. The van der Waals surface area contributed by atoms with Crippen LogP contribution < -0.4 is 10.6 Å². The minimum atomic E-state index is 0.556. The number of hydrogen-bond acceptors (Lipinski definition) is 2. The molecule has 0 fully saturated rings. The molecule has 2 N–H and O–H groups in total. The van der Waals surface area contributed by atoms with Gasteiger partial charge in [-0.3, -0.25) is 0 Å². The van der Waals surface area contributed by atoms with Crippen LogP contribution in [0.15, 0.2) is 24.3 Å². The van der Waals surface area contributed by atoms with E-state index < -0.39 is 0 Å². The van der Waals surface area contributed by atoms with Gasteiger partial charge in [0.25, 0.3) is 0 Å². The fourth-order valence-electron chi connectivity index (χ4n) is 1.10. The third-order valence-electron chi connectivity index (χ3n) is 1.94. The van der Waals surface area contributed by atoms with E-state index in [4.69, 9.17) is 17.5 Å². The molecule has 0 saturated carbocycles. The topological polar surface area (TPSA) is 47.8 Å². The highest BCUT2D eigenvalue weighted by Gasteiger charge is 1.98. The number of benzene rings is 1. The molecule has 0 saturated heterocycles. The van der Waals surface area contributed by atoms with Gasteiger partial charge in [-0.05, 0) is 42.4 Å². The molecule has 3 nitrogen and oxygen atoms in total. The molecular weight excluding hydrogens is 218 g/mol. The van der Waals surface area contributed by atoms with Crippen LogP contribution in [-0.2, 0) is 0 Å². The number of hydrogen-bond donors (Lipinski definition) is 2. The highest BCUT2D eigenvalue weighted by Crippen LogP contribution is 2.08. The van der Waals surface area contributed by atoms with Crippen molar-refractivity contribution in [2.45, 2.75) is 13.8 Å². The summed E-state index contributed by atoms with van der Waals surface area (Å²) in [5.74, 6) is 0.556. The van der Waals surface area contributed by atoms with Crippen LogP contribution in [0, 0.1) is 17.2 Å². The Balaban J connectivity index is 2.47. The number of nitrogens with zero attached hydrogens (tertiary/aromatic N) is 1. The van der Waals surface area contributed by atoms with Gasteiger partial charge in [0.15, 0.2) is 5.11 Å². The highest BCUT2D eigenvalue weighted by atomic mass is 32.1. The van der Waals surface area contributed by atoms with Crippen molar-refractivity contribution in [1.29, 1.82) is 5.26 Å². The summed E-state index contributed by atoms with van der Waals surface area (Å²) in [6.07, 6.45) is 0. The van der Waals surface area contributed by atoms with Gasteiger partial charge in [0.1, 0.15) is 0 Å². The molecule has 16 heavy (non-hydrogen) atoms. The molecule has 0 aromatic heterocycles. The summed E-state index contributed by atoms with van der Waals surface area (Å²) in [6.45, 7) is 5.09. The molecule has 0 bridgehead atoms. The Hall–Kier alpha value is -1.60. The van der Waals surface area contributed by atoms with Gasteiger partial charge >= 0.3 is 0 Å². The predicted octanol–water partition coefficient (Wildman–Crippen LogP) is 2.50. The molecule has 0 aliphatic rings. The van der Waals surface area contributed by atoms with E-state index in [2.05, 4.69) is 30.6 Å². The number of anilines is 1. The van der Waals surface area contributed by atoms with Gasteiger partial charge in [-0.25, -0.2) is 0 Å². The zero-order valence-electron chi connectivity index (χ0n) is 9.45. The molecule has 0 aliphatic heterocycles. The molecule has 0 amide bonds. The molecule has 84 valence electrons. The summed E-state index contributed by atoms with van der Waals surface area (Å²) < 4.78 is 0. The lowest BCUT2D eigenvalue weighted by Gasteiger charge is -2.11. The molecule has 1 aromatic rings. The van der Waals surface area contributed by atoms with Gasteiger partial charge in [0.2, 0.25) is 0 Å². The minimum Gasteiger partial charge on any atom is -0.362 e. The van der Waals surface area contributed by atoms with Crippen LogP contribution in [0.25, 0.3) is 0 Å². The predicted molar refractivity (Wildman–Crippen MR) is 70.2 cm³/mol. The molecule has 0 heterocycles. The lowest BCUT2D eigenvalue weighted by Crippen LogP contribution is -2.31. The maximum absolute atomic E-state index is 8.65. The van der Waals surface area contributed by atoms with Crippen molar-refractivity contribution < 1.29 is 0 Å². The van der Waals surface area contributed by atoms with Crippen molar-refractivity contribution in [3.63, 3.8) is 0 Å². The lowest BCUT2D eigenvalue weighted by atomic mass is 10.2. The Morgan fingerprint density at radius 2 is 2.00 bits per heavy atom. The number of nitriles is 1. The van der Waals surface area contributed by atoms with Crippen molar-refractivity contribution in [2.24, 2.45) is 5.92 Å². The SMILES string of the molecule is CC(C)CNC(=S)Nc1ccc(C#N)cc1. The Morgan fingerprint density at radius 3 is 2.50 bits per heavy atom. The summed E-state index contributed by atoms with van der Waals surface area (Å²) in [4.78, 5) is 0. The second-order valence-corrected chi connectivity index (χ2v) is 4.33. The highest BCUT2D eigenvalue weighted by molar-refractivity contribution is 7.80. The average molecular weight is 233 g/mol. The fourth-order valence-corrected chi connectivity index (χ4v) is 1.30. The van der Waals surface area contributed by atoms with Crippen LogP contribution in [0.2, 0.25) is 0 Å². The minimum absolute atomic E-state index is 0.556. The van der Waals surface area contributed by atoms with Gasteiger partial charge in [-0.15, -0.1) is 0 Å². The molecular formula is C12H15N3S. The first-order valence-electron chi connectivity index (χ1n) is 5.17. The maximum Gasteiger partial charge on any atom is 0.170 e. The molecule has 0 atom stereocenters. The van der Waals surface area contributed by atoms with E-state index in [1.807, 2.05) is 12.1 Å². The maximum atomic E-state index is 8.65. The van der Waals surface area contributed by atoms with E-state index in [1.165, 1.54) is 0 Å². The first kappa shape index (κ1) is 12.5. The third kappa shape index (κ3) is 4.28. The third-order valence-corrected chi connectivity index (χ3v) is 2.19. The average Bonchev–Trinajstić information content (AvgIpc) is 2.27. The summed E-state index contributed by atoms with van der Waals surface area (Å²) in [5, 5.41) is 15.4. The molecule has 0 aliphatic carbocycles. The zero-order valence-corrected chi connectivity index (χ0v) is 10.3. The Morgan fingerprint density at radius 1 is 1.38 bits per heavy atom. The zero-order chi connectivity index (χ0) is 12.0. The molecule has 4 heteroatoms. The van der Waals surface area contributed by atoms with Gasteiger partial charge < -0.3 is 10.6 Å². The van der Waals surface area contributed by atoms with Crippen LogP contribution in [0.5, 0.6) is 0 Å². The Bertz CT molecular complexity index is 390. The summed E-state index contributed by atoms with van der Waals surface area (Å²) in [5.41, 5.74) is 1.53. The lowest BCUT2D eigenvalue weighted by molar-refractivity contribution is 0.627. The van der Waals surface area contributed by atoms with E-state index in [0.29, 0.717) is 16.6 Å². The molecule has 0 unspecified atom stereocenters. The summed E-state index contributed by atoms with van der Waals surface area (Å²) >= 11 is 5.13. The molecule has 1 rings (SSSR count). The van der Waals surface area contributed by atoms with E-state index in [-0.39, 0.29) is 0 Å². The van der Waals surface area contributed by atoms with Crippen molar-refractivity contribution in [3.8, 4) is 6.07 Å². The van der Waals surface area contributed by atoms with Crippen LogP contribution in [0.3, 0.4) is 0 Å². The molecule has 1 aromatic carbocycles. The van der Waals surface area contributed by atoms with Crippen molar-refractivity contribution in [2.75, 3.05) is 11.9 Å². The van der Waals surface area contributed by atoms with E-state index in [0.717, 1.165) is 12.2 Å². The van der Waals surface area contributed by atoms with Crippen LogP contribution >= 0.6 is 12.2 Å². The van der Waals surface area contributed by atoms with Crippen LogP contribution in [-0.4, -0.2) is 11.7 Å². The van der Waals surface area contributed by atoms with E-state index in [9.17, 15) is 0 Å². The second-order valence-electron chi connectivity index (χ2n) is 3.92. The normalized spacial score (nSPS) is 9.62. The quantitative estimate of drug-likeness (QED) is 0.788. The number of thiocarbonyl (C=S) groups is 1. The van der Waals surface area contributed by atoms with Gasteiger partial charge in [-0.1, -0.05) is 13.8 Å². The smallest absolute Gasteiger partial charge is 0.170 e. The van der Waals surface area contributed by atoms with Crippen molar-refractivity contribution in [3.05, 3.63) is 29.8 Å². The number of rotatable bonds is 3. The van der Waals surface area contributed by atoms with Gasteiger partial charge in [0, 0.05) is 12.2 Å². The molecule has 0 radical (unpaired) electrons. The second kappa shape index (κ2) is 6.09. The largest absolute Gasteiger partial charge is 0.362 e. The first-order valence-corrected chi connectivity index (χ1v) is 5.57. The van der Waals surface area contributed by atoms with Crippen molar-refractivity contribution >= 4 is 23.0 Å². The van der Waals surface area contributed by atoms with Gasteiger partial charge in [-0.2, -0.15) is 5.26 Å². The fraction of sp³-hybridized carbons (Fsp3) is 0.333. The number of nitrogens with one attached hydrogen (secondary N) is 2. The van der Waals surface area contributed by atoms with E-state index >= 15 is 0 Å². The van der Waals surface area contributed by atoms with Crippen molar-refractivity contribution in [1.82, 2.24) is 5.32 Å². The summed E-state index contributed by atoms with van der Waals surface area (Å²) in [6, 6.07) is 9.26. The first-order chi connectivity index (χ1) is 7.61. The molecule has 0 spiro atoms. The van der Waals surface area contributed by atoms with E-state index in [1.54, 1.807) is 12.1 Å². The van der Waals surface area contributed by atoms with Gasteiger partial charge in [0.05, 0.1) is 11.6 Å². The summed E-state index contributed by atoms with van der Waals surface area (Å²) in [7, 11) is 0. The Labute approximate surface area is 101 Å². The monoisotopic (exact) mass is 233 g/mol. The standard InChI is InChI=1S/C12H15N3S/c1-9(2)8-14-12(16)15-11-5-3-10(7-13)4-6-11/h3-6,9H,8H2,1-2H3,(H2,14,15,16). The van der Waals surface area contributed by atoms with Crippen LogP contribution in [0.1, 0.15) is 19.4 Å².